The lowest BCUT2D eigenvalue weighted by molar-refractivity contribution is -0.870. The SMILES string of the molecule is CCCCC/C=C\C/C=C\C/C=C\C/C=C\CCCCCCCCCC(=O)NC(COP(=O)([O-])OCC[N+](C)(C)C)C(/C=C/CCCCCCCCCCCC)OC(=O)CCCCCCCCC/C=C\C/C=C\C/C=C\C/C=C\CCCCC. The minimum absolute atomic E-state index is 0.0318. The quantitative estimate of drug-likeness (QED) is 0.0212. The van der Waals surface area contributed by atoms with Gasteiger partial charge in [-0.1, -0.05) is 272 Å². The first-order chi connectivity index (χ1) is 40.9. The Labute approximate surface area is 519 Å². The molecule has 0 aliphatic carbocycles. The molecule has 0 aromatic heterocycles. The number of carbonyl (C=O) groups excluding carboxylic acids is 2. The number of allylic oxidation sites excluding steroid dienone is 17. The largest absolute Gasteiger partial charge is 0.756 e. The van der Waals surface area contributed by atoms with Crippen LogP contribution in [-0.2, 0) is 27.9 Å². The minimum Gasteiger partial charge on any atom is -0.756 e. The average Bonchev–Trinajstić information content (AvgIpc) is 3.64. The van der Waals surface area contributed by atoms with Gasteiger partial charge in [-0.2, -0.15) is 0 Å². The fourth-order valence-electron chi connectivity index (χ4n) is 9.55. The van der Waals surface area contributed by atoms with Gasteiger partial charge in [0.1, 0.15) is 19.3 Å². The van der Waals surface area contributed by atoms with E-state index in [0.717, 1.165) is 116 Å². The van der Waals surface area contributed by atoms with Gasteiger partial charge < -0.3 is 28.5 Å². The summed E-state index contributed by atoms with van der Waals surface area (Å²) in [6.45, 7) is 6.78. The maximum Gasteiger partial charge on any atom is 0.306 e. The molecule has 0 rings (SSSR count). The lowest BCUT2D eigenvalue weighted by Gasteiger charge is -2.30. The summed E-state index contributed by atoms with van der Waals surface area (Å²) < 4.78 is 30.4. The Kier molecular flexibility index (Phi) is 60.2. The topological polar surface area (TPSA) is 114 Å². The van der Waals surface area contributed by atoms with Crippen LogP contribution in [-0.4, -0.2) is 69.4 Å². The van der Waals surface area contributed by atoms with Gasteiger partial charge in [-0.15, -0.1) is 0 Å². The van der Waals surface area contributed by atoms with E-state index in [9.17, 15) is 19.0 Å². The molecule has 10 heteroatoms. The molecule has 0 bridgehead atoms. The van der Waals surface area contributed by atoms with Crippen LogP contribution in [0.3, 0.4) is 0 Å². The number of amides is 1. The Bertz CT molecular complexity index is 1810. The number of nitrogens with zero attached hydrogens (tertiary/aromatic N) is 1. The van der Waals surface area contributed by atoms with Crippen molar-refractivity contribution >= 4 is 19.7 Å². The number of esters is 1. The van der Waals surface area contributed by atoms with Gasteiger partial charge in [0.15, 0.2) is 0 Å². The van der Waals surface area contributed by atoms with Crippen LogP contribution in [0.4, 0.5) is 0 Å². The van der Waals surface area contributed by atoms with E-state index < -0.39 is 26.6 Å². The second-order valence-corrected chi connectivity index (χ2v) is 25.7. The lowest BCUT2D eigenvalue weighted by atomic mass is 10.0. The van der Waals surface area contributed by atoms with Crippen molar-refractivity contribution in [3.05, 3.63) is 109 Å². The van der Waals surface area contributed by atoms with Gasteiger partial charge in [-0.3, -0.25) is 14.2 Å². The van der Waals surface area contributed by atoms with Gasteiger partial charge in [-0.25, -0.2) is 0 Å². The second-order valence-electron chi connectivity index (χ2n) is 24.3. The van der Waals surface area contributed by atoms with Crippen molar-refractivity contribution in [3.8, 4) is 0 Å². The van der Waals surface area contributed by atoms with Crippen LogP contribution in [0.1, 0.15) is 297 Å². The normalized spacial score (nSPS) is 14.2. The van der Waals surface area contributed by atoms with Crippen molar-refractivity contribution in [1.29, 1.82) is 0 Å². The van der Waals surface area contributed by atoms with E-state index in [2.05, 4.69) is 123 Å². The summed E-state index contributed by atoms with van der Waals surface area (Å²) in [7, 11) is 1.16. The zero-order valence-corrected chi connectivity index (χ0v) is 56.2. The summed E-state index contributed by atoms with van der Waals surface area (Å²) in [6.07, 6.45) is 86.2. The second kappa shape index (κ2) is 62.7. The fourth-order valence-corrected chi connectivity index (χ4v) is 10.3. The van der Waals surface area contributed by atoms with Crippen molar-refractivity contribution < 1.29 is 37.3 Å². The van der Waals surface area contributed by atoms with Crippen LogP contribution < -0.4 is 10.2 Å². The molecule has 0 saturated heterocycles. The first-order valence-electron chi connectivity index (χ1n) is 34.7. The van der Waals surface area contributed by atoms with E-state index in [1.54, 1.807) is 0 Å². The molecule has 0 aliphatic rings. The van der Waals surface area contributed by atoms with Crippen LogP contribution in [0.2, 0.25) is 0 Å². The Morgan fingerprint density at radius 2 is 0.726 bits per heavy atom. The highest BCUT2D eigenvalue weighted by atomic mass is 31.2. The highest BCUT2D eigenvalue weighted by Crippen LogP contribution is 2.38. The third-order valence-corrected chi connectivity index (χ3v) is 15.9. The lowest BCUT2D eigenvalue weighted by Crippen LogP contribution is -2.47. The van der Waals surface area contributed by atoms with Crippen molar-refractivity contribution in [2.45, 2.75) is 309 Å². The van der Waals surface area contributed by atoms with Gasteiger partial charge in [0, 0.05) is 12.8 Å². The molecule has 484 valence electrons. The number of hydrogen-bond donors (Lipinski definition) is 1. The molecule has 0 saturated carbocycles. The number of phosphoric acid groups is 1. The number of unbranched alkanes of at least 4 members (excludes halogenated alkanes) is 30. The van der Waals surface area contributed by atoms with E-state index in [-0.39, 0.29) is 24.9 Å². The van der Waals surface area contributed by atoms with Crippen molar-refractivity contribution in [3.63, 3.8) is 0 Å². The van der Waals surface area contributed by atoms with Crippen LogP contribution in [0.15, 0.2) is 109 Å². The Balaban J connectivity index is 5.18. The van der Waals surface area contributed by atoms with Gasteiger partial charge in [0.2, 0.25) is 5.91 Å². The molecule has 0 radical (unpaired) electrons. The molecule has 3 unspecified atom stereocenters. The summed E-state index contributed by atoms with van der Waals surface area (Å²) >= 11 is 0. The molecule has 1 N–H and O–H groups in total. The molecule has 9 nitrogen and oxygen atoms in total. The van der Waals surface area contributed by atoms with E-state index >= 15 is 0 Å². The van der Waals surface area contributed by atoms with Crippen molar-refractivity contribution in [1.82, 2.24) is 5.32 Å². The molecule has 1 amide bonds. The Morgan fingerprint density at radius 3 is 1.11 bits per heavy atom. The predicted octanol–water partition coefficient (Wildman–Crippen LogP) is 21.4. The minimum atomic E-state index is -4.72. The zero-order valence-electron chi connectivity index (χ0n) is 55.3. The molecule has 0 aliphatic heterocycles. The van der Waals surface area contributed by atoms with E-state index in [1.807, 2.05) is 33.3 Å². The third kappa shape index (κ3) is 63.2. The zero-order chi connectivity index (χ0) is 61.4. The summed E-state index contributed by atoms with van der Waals surface area (Å²) in [5, 5.41) is 3.03. The molecular weight excluding hydrogens is 1060 g/mol. The number of hydrogen-bond acceptors (Lipinski definition) is 7. The van der Waals surface area contributed by atoms with Crippen molar-refractivity contribution in [2.24, 2.45) is 0 Å². The number of likely N-dealkylation sites (N-methyl/N-ethyl adjacent to an activating group) is 1. The number of nitrogens with one attached hydrogen (secondary N) is 1. The highest BCUT2D eigenvalue weighted by molar-refractivity contribution is 7.45. The molecule has 84 heavy (non-hydrogen) atoms. The fraction of sp³-hybridized carbons (Fsp3) is 0.730. The maximum absolute atomic E-state index is 13.6. The van der Waals surface area contributed by atoms with E-state index in [0.29, 0.717) is 23.9 Å². The van der Waals surface area contributed by atoms with E-state index in [1.165, 1.54) is 141 Å². The van der Waals surface area contributed by atoms with Crippen LogP contribution in [0.5, 0.6) is 0 Å². The standard InChI is InChI=1S/C74H131N2O7P/c1-7-10-13-16-19-22-25-28-30-32-34-36-38-40-42-44-46-48-51-54-57-60-63-66-73(77)75-71(70-82-84(79,80)81-69-68-76(4,5)6)72(65-62-59-56-53-50-27-24-21-18-15-12-9-3)83-74(78)67-64-61-58-55-52-49-47-45-43-41-39-37-35-33-31-29-26-23-20-17-14-11-8-2/h19-20,22-23,28-31,34-37,40-43,62,65,71-72H,7-18,21,24-27,32-33,38-39,44-61,63-64,66-70H2,1-6H3,(H-,75,77,79,80)/b22-19-,23-20-,30-28-,31-29-,36-34-,37-35-,42-40-,43-41-,65-62+. The monoisotopic (exact) mass is 1190 g/mol. The predicted molar refractivity (Wildman–Crippen MR) is 362 cm³/mol. The van der Waals surface area contributed by atoms with Gasteiger partial charge in [0.05, 0.1) is 33.8 Å². The first kappa shape index (κ1) is 80.7. The summed E-state index contributed by atoms with van der Waals surface area (Å²) in [5.74, 6) is -0.566. The van der Waals surface area contributed by atoms with Crippen LogP contribution in [0, 0.1) is 0 Å². The van der Waals surface area contributed by atoms with Crippen molar-refractivity contribution in [2.75, 3.05) is 40.9 Å². The number of ether oxygens (including phenoxy) is 1. The maximum atomic E-state index is 13.6. The van der Waals surface area contributed by atoms with Gasteiger partial charge in [0.25, 0.3) is 7.82 Å². The Hall–Kier alpha value is -3.33. The highest BCUT2D eigenvalue weighted by Gasteiger charge is 2.27. The number of phosphoric ester groups is 1. The molecule has 0 fully saturated rings. The molecule has 0 aromatic rings. The molecule has 3 atom stereocenters. The van der Waals surface area contributed by atoms with Gasteiger partial charge in [-0.05, 0) is 122 Å². The van der Waals surface area contributed by atoms with E-state index in [4.69, 9.17) is 13.8 Å². The smallest absolute Gasteiger partial charge is 0.306 e. The molecule has 0 spiro atoms. The molecular formula is C74H131N2O7P. The van der Waals surface area contributed by atoms with Crippen LogP contribution >= 0.6 is 7.82 Å². The number of carbonyl (C=O) groups is 2. The number of quaternary nitrogens is 1. The Morgan fingerprint density at radius 1 is 0.417 bits per heavy atom. The van der Waals surface area contributed by atoms with Gasteiger partial charge >= 0.3 is 5.97 Å². The van der Waals surface area contributed by atoms with Crippen LogP contribution in [0.25, 0.3) is 0 Å². The number of rotatable bonds is 62. The average molecular weight is 1190 g/mol. The molecule has 0 aromatic carbocycles. The third-order valence-electron chi connectivity index (χ3n) is 14.9. The summed E-state index contributed by atoms with van der Waals surface area (Å²) in [4.78, 5) is 40.2. The first-order valence-corrected chi connectivity index (χ1v) is 36.2. The summed E-state index contributed by atoms with van der Waals surface area (Å²) in [5.41, 5.74) is 0. The summed E-state index contributed by atoms with van der Waals surface area (Å²) in [6, 6.07) is -0.907. The molecule has 0 heterocycles.